The average Bonchev–Trinajstić information content (AvgIpc) is 4.12. The Morgan fingerprint density at radius 1 is 0.342 bits per heavy atom. The fraction of sp³-hybridized carbons (Fsp3) is 0.0541. The summed E-state index contributed by atoms with van der Waals surface area (Å²) in [4.78, 5) is 2.46. The highest BCUT2D eigenvalue weighted by Gasteiger charge is 2.38. The van der Waals surface area contributed by atoms with Crippen LogP contribution >= 0.6 is 0 Å². The van der Waals surface area contributed by atoms with E-state index in [0.717, 1.165) is 11.4 Å². The minimum Gasteiger partial charge on any atom is -0.337 e. The van der Waals surface area contributed by atoms with Crippen LogP contribution in [0.5, 0.6) is 0 Å². The Kier molecular flexibility index (Phi) is 11.0. The van der Waals surface area contributed by atoms with Crippen molar-refractivity contribution in [2.45, 2.75) is 25.8 Å². The van der Waals surface area contributed by atoms with Gasteiger partial charge in [-0.2, -0.15) is 0 Å². The number of anilines is 2. The van der Waals surface area contributed by atoms with Gasteiger partial charge in [0.2, 0.25) is 0 Å². The first-order chi connectivity index (χ1) is 37.5. The van der Waals surface area contributed by atoms with Crippen LogP contribution in [0.1, 0.15) is 30.5 Å². The van der Waals surface area contributed by atoms with E-state index in [1.165, 1.54) is 122 Å². The van der Waals surface area contributed by atoms with Gasteiger partial charge in [0.1, 0.15) is 0 Å². The summed E-state index contributed by atoms with van der Waals surface area (Å²) in [7, 11) is 0. The molecular formula is C74H54N2. The molecule has 1 aromatic heterocycles. The van der Waals surface area contributed by atoms with Crippen LogP contribution in [0.15, 0.2) is 279 Å². The van der Waals surface area contributed by atoms with Crippen LogP contribution in [0.25, 0.3) is 105 Å². The molecule has 0 spiro atoms. The molecule has 0 amide bonds. The number of fused-ring (bicyclic) bond motifs is 7. The van der Waals surface area contributed by atoms with Crippen molar-refractivity contribution in [2.75, 3.05) is 4.90 Å². The zero-order chi connectivity index (χ0) is 50.7. The quantitative estimate of drug-likeness (QED) is 0.133. The van der Waals surface area contributed by atoms with Crippen molar-refractivity contribution >= 4 is 44.0 Å². The van der Waals surface area contributed by atoms with Crippen molar-refractivity contribution in [3.05, 3.63) is 296 Å². The Bertz CT molecular complexity index is 4310. The zero-order valence-corrected chi connectivity index (χ0v) is 42.7. The lowest BCUT2D eigenvalue weighted by atomic mass is 9.81. The summed E-state index contributed by atoms with van der Waals surface area (Å²) >= 11 is 0. The van der Waals surface area contributed by atoms with Crippen molar-refractivity contribution in [2.24, 2.45) is 0 Å². The maximum atomic E-state index is 2.52. The first kappa shape index (κ1) is 45.1. The summed E-state index contributed by atoms with van der Waals surface area (Å²) < 4.78 is 2.52. The molecule has 0 fully saturated rings. The molecule has 0 saturated carbocycles. The van der Waals surface area contributed by atoms with E-state index in [0.29, 0.717) is 6.54 Å². The maximum absolute atomic E-state index is 2.52. The third kappa shape index (κ3) is 7.64. The summed E-state index contributed by atoms with van der Waals surface area (Å²) in [5.41, 5.74) is 24.5. The SMILES string of the molecule is CC1(C)c2ccccc2-c2cccc(-n3c4ccccc4c4c(-c5cccc(-c6ccccc6CN(c6ccc(-c7ccccc7)cc6)c6ccc(-c7ccc(-c8cccc9ccccc89)cc7)cc6)c5)cccc43)c21. The van der Waals surface area contributed by atoms with Gasteiger partial charge in [-0.1, -0.05) is 244 Å². The smallest absolute Gasteiger partial charge is 0.0547 e. The highest BCUT2D eigenvalue weighted by molar-refractivity contribution is 6.16. The summed E-state index contributed by atoms with van der Waals surface area (Å²) in [5.74, 6) is 0. The van der Waals surface area contributed by atoms with E-state index in [-0.39, 0.29) is 5.41 Å². The lowest BCUT2D eigenvalue weighted by Crippen LogP contribution is -2.17. The van der Waals surface area contributed by atoms with Gasteiger partial charge < -0.3 is 9.47 Å². The van der Waals surface area contributed by atoms with E-state index >= 15 is 0 Å². The van der Waals surface area contributed by atoms with Crippen molar-refractivity contribution in [3.63, 3.8) is 0 Å². The van der Waals surface area contributed by atoms with Gasteiger partial charge in [-0.15, -0.1) is 0 Å². The third-order valence-electron chi connectivity index (χ3n) is 16.1. The van der Waals surface area contributed by atoms with Gasteiger partial charge >= 0.3 is 0 Å². The molecule has 76 heavy (non-hydrogen) atoms. The molecule has 360 valence electrons. The Hall–Kier alpha value is -9.50. The fourth-order valence-corrected chi connectivity index (χ4v) is 12.4. The molecule has 0 unspecified atom stereocenters. The molecule has 0 atom stereocenters. The van der Waals surface area contributed by atoms with Crippen LogP contribution in [0.3, 0.4) is 0 Å². The van der Waals surface area contributed by atoms with E-state index in [4.69, 9.17) is 0 Å². The second kappa shape index (κ2) is 18.5. The Labute approximate surface area is 445 Å². The number of aromatic nitrogens is 1. The number of para-hydroxylation sites is 1. The van der Waals surface area contributed by atoms with Crippen LogP contribution in [-0.4, -0.2) is 4.57 Å². The molecule has 1 aliphatic rings. The summed E-state index contributed by atoms with van der Waals surface area (Å²) in [6.45, 7) is 5.44. The lowest BCUT2D eigenvalue weighted by Gasteiger charge is -2.27. The molecule has 1 heterocycles. The van der Waals surface area contributed by atoms with Gasteiger partial charge in [0.15, 0.2) is 0 Å². The molecule has 0 saturated heterocycles. The molecule has 0 N–H and O–H groups in total. The van der Waals surface area contributed by atoms with Gasteiger partial charge in [0.25, 0.3) is 0 Å². The Morgan fingerprint density at radius 3 is 1.59 bits per heavy atom. The van der Waals surface area contributed by atoms with E-state index < -0.39 is 0 Å². The topological polar surface area (TPSA) is 8.17 Å². The molecule has 2 heteroatoms. The molecule has 14 rings (SSSR count). The molecule has 0 bridgehead atoms. The minimum absolute atomic E-state index is 0.156. The minimum atomic E-state index is -0.156. The fourth-order valence-electron chi connectivity index (χ4n) is 12.4. The standard InChI is InChI=1S/C74H54N2/c1-74(2)68-32-12-10-27-65(68)66-31-17-35-71(73(66)74)76-69-33-13-11-28-67(69)72-64(30-16-34-70(72)76)57-24-14-23-56(48-57)61-25-8-7-21-58(61)49-75(59-44-40-52(41-45-59)50-18-4-3-5-19-50)60-46-42-53(43-47-60)51-36-38-55(39-37-51)63-29-15-22-54-20-6-9-26-62(54)63/h3-48H,49H2,1-2H3. The van der Waals surface area contributed by atoms with Gasteiger partial charge in [-0.3, -0.25) is 0 Å². The van der Waals surface area contributed by atoms with Gasteiger partial charge in [0, 0.05) is 34.1 Å². The summed E-state index contributed by atoms with van der Waals surface area (Å²) in [5, 5.41) is 5.05. The summed E-state index contributed by atoms with van der Waals surface area (Å²) in [6.07, 6.45) is 0. The molecule has 0 aliphatic heterocycles. The second-order valence-electron chi connectivity index (χ2n) is 20.8. The summed E-state index contributed by atoms with van der Waals surface area (Å²) in [6, 6.07) is 103. The highest BCUT2D eigenvalue weighted by atomic mass is 15.1. The number of nitrogens with zero attached hydrogens (tertiary/aromatic N) is 2. The van der Waals surface area contributed by atoms with E-state index in [2.05, 4.69) is 302 Å². The first-order valence-electron chi connectivity index (χ1n) is 26.5. The number of rotatable bonds is 10. The molecule has 0 radical (unpaired) electrons. The highest BCUT2D eigenvalue weighted by Crippen LogP contribution is 2.52. The maximum Gasteiger partial charge on any atom is 0.0547 e. The van der Waals surface area contributed by atoms with Crippen molar-refractivity contribution in [1.29, 1.82) is 0 Å². The largest absolute Gasteiger partial charge is 0.337 e. The lowest BCUT2D eigenvalue weighted by molar-refractivity contribution is 0.656. The van der Waals surface area contributed by atoms with E-state index in [1.807, 2.05) is 0 Å². The van der Waals surface area contributed by atoms with Crippen LogP contribution in [0, 0.1) is 0 Å². The molecule has 2 nitrogen and oxygen atoms in total. The normalized spacial score (nSPS) is 12.5. The van der Waals surface area contributed by atoms with Gasteiger partial charge in [-0.25, -0.2) is 0 Å². The predicted octanol–water partition coefficient (Wildman–Crippen LogP) is 19.9. The Balaban J connectivity index is 0.830. The molecule has 12 aromatic carbocycles. The molecular weight excluding hydrogens is 917 g/mol. The third-order valence-corrected chi connectivity index (χ3v) is 16.1. The van der Waals surface area contributed by atoms with E-state index in [1.54, 1.807) is 0 Å². The van der Waals surface area contributed by atoms with E-state index in [9.17, 15) is 0 Å². The molecule has 1 aliphatic carbocycles. The average molecular weight is 971 g/mol. The Morgan fingerprint density at radius 2 is 0.829 bits per heavy atom. The van der Waals surface area contributed by atoms with Crippen LogP contribution in [0.4, 0.5) is 11.4 Å². The molecule has 13 aromatic rings. The predicted molar refractivity (Wildman–Crippen MR) is 322 cm³/mol. The van der Waals surface area contributed by atoms with Gasteiger partial charge in [-0.05, 0) is 143 Å². The van der Waals surface area contributed by atoms with Crippen molar-refractivity contribution in [1.82, 2.24) is 4.57 Å². The second-order valence-corrected chi connectivity index (χ2v) is 20.8. The van der Waals surface area contributed by atoms with Crippen LogP contribution in [-0.2, 0) is 12.0 Å². The van der Waals surface area contributed by atoms with Crippen LogP contribution < -0.4 is 4.90 Å². The number of hydrogen-bond acceptors (Lipinski definition) is 1. The van der Waals surface area contributed by atoms with Crippen molar-refractivity contribution < 1.29 is 0 Å². The number of benzene rings is 12. The van der Waals surface area contributed by atoms with Gasteiger partial charge in [0.05, 0.1) is 16.7 Å². The number of hydrogen-bond donors (Lipinski definition) is 0. The zero-order valence-electron chi connectivity index (χ0n) is 42.7. The van der Waals surface area contributed by atoms with Crippen molar-refractivity contribution in [3.8, 4) is 72.4 Å². The first-order valence-corrected chi connectivity index (χ1v) is 26.5. The monoisotopic (exact) mass is 970 g/mol. The van der Waals surface area contributed by atoms with Crippen LogP contribution in [0.2, 0.25) is 0 Å².